The second-order valence-electron chi connectivity index (χ2n) is 8.88. The Bertz CT molecular complexity index is 1200. The van der Waals surface area contributed by atoms with Crippen LogP contribution in [0.2, 0.25) is 0 Å². The summed E-state index contributed by atoms with van der Waals surface area (Å²) in [6, 6.07) is -0.160. The molecule has 1 heterocycles. The van der Waals surface area contributed by atoms with Crippen LogP contribution >= 0.6 is 0 Å². The number of nitrogens with two attached hydrogens (primary N) is 2. The molecule has 40 heavy (non-hydrogen) atoms. The minimum atomic E-state index is -1.64. The van der Waals surface area contributed by atoms with Crippen molar-refractivity contribution in [2.45, 2.75) is 56.3 Å². The minimum Gasteiger partial charge on any atom is -0.508 e. The van der Waals surface area contributed by atoms with E-state index in [4.69, 9.17) is 16.6 Å². The Kier molecular flexibility index (Phi) is 11.6. The van der Waals surface area contributed by atoms with Crippen LogP contribution in [0.4, 0.5) is 0 Å². The molecule has 216 valence electrons. The average molecular weight is 562 g/mol. The zero-order chi connectivity index (χ0) is 29.8. The molecule has 0 saturated carbocycles. The van der Waals surface area contributed by atoms with Crippen molar-refractivity contribution >= 4 is 35.6 Å². The number of nitrogens with one attached hydrogen (secondary N) is 4. The van der Waals surface area contributed by atoms with E-state index in [9.17, 15) is 39.0 Å². The Hall–Kier alpha value is -4.99. The third-order valence-corrected chi connectivity index (χ3v) is 5.64. The molecule has 4 unspecified atom stereocenters. The number of phenols is 1. The van der Waals surface area contributed by atoms with E-state index in [-0.39, 0.29) is 25.0 Å². The summed E-state index contributed by atoms with van der Waals surface area (Å²) in [7, 11) is 0. The van der Waals surface area contributed by atoms with E-state index in [2.05, 4.69) is 25.9 Å². The molecule has 0 radical (unpaired) electrons. The van der Waals surface area contributed by atoms with Gasteiger partial charge in [0.05, 0.1) is 18.8 Å². The van der Waals surface area contributed by atoms with E-state index >= 15 is 0 Å². The molecule has 1 aromatic carbocycles. The maximum Gasteiger partial charge on any atom is 0.326 e. The summed E-state index contributed by atoms with van der Waals surface area (Å²) in [5, 5.41) is 34.8. The fourth-order valence-electron chi connectivity index (χ4n) is 3.56. The van der Waals surface area contributed by atoms with E-state index in [1.54, 1.807) is 0 Å². The number of carbonyl (C=O) groups is 6. The van der Waals surface area contributed by atoms with Crippen molar-refractivity contribution in [2.75, 3.05) is 0 Å². The van der Waals surface area contributed by atoms with Crippen LogP contribution < -0.4 is 27.4 Å². The number of phenolic OH excluding ortho intramolecular Hbond substituents is 1. The predicted octanol–water partition coefficient (Wildman–Crippen LogP) is -2.49. The summed E-state index contributed by atoms with van der Waals surface area (Å²) in [6.07, 6.45) is 1.03. The summed E-state index contributed by atoms with van der Waals surface area (Å²) in [6.45, 7) is 0. The molecule has 0 spiro atoms. The molecule has 0 aliphatic carbocycles. The highest BCUT2D eigenvalue weighted by atomic mass is 16.4. The third-order valence-electron chi connectivity index (χ3n) is 5.64. The minimum absolute atomic E-state index is 0.0312. The van der Waals surface area contributed by atoms with Gasteiger partial charge in [-0.05, 0) is 24.1 Å². The van der Waals surface area contributed by atoms with Gasteiger partial charge in [-0.3, -0.25) is 24.0 Å². The van der Waals surface area contributed by atoms with Gasteiger partial charge in [0.1, 0.15) is 23.9 Å². The number of benzene rings is 1. The number of hydrogen-bond acceptors (Lipinski definition) is 9. The van der Waals surface area contributed by atoms with Crippen LogP contribution in [-0.4, -0.2) is 85.0 Å². The zero-order valence-corrected chi connectivity index (χ0v) is 21.2. The largest absolute Gasteiger partial charge is 0.508 e. The van der Waals surface area contributed by atoms with Crippen molar-refractivity contribution in [2.24, 2.45) is 11.5 Å². The Balaban J connectivity index is 2.15. The molecule has 2 rings (SSSR count). The number of primary amides is 1. The molecule has 0 saturated heterocycles. The van der Waals surface area contributed by atoms with Crippen molar-refractivity contribution in [3.05, 3.63) is 48.0 Å². The number of amides is 4. The number of aliphatic carboxylic acids is 2. The molecule has 0 aliphatic heterocycles. The SMILES string of the molecule is NC(=O)CC(NC(=O)C(CCC(=O)O)NC(=O)C(N)Cc1cnc[nH]1)C(=O)NC(Cc1ccc(O)cc1)C(=O)O. The quantitative estimate of drug-likeness (QED) is 0.103. The lowest BCUT2D eigenvalue weighted by Crippen LogP contribution is -2.58. The topological polar surface area (TPSA) is 280 Å². The van der Waals surface area contributed by atoms with Gasteiger partial charge in [0.25, 0.3) is 0 Å². The van der Waals surface area contributed by atoms with Crippen molar-refractivity contribution in [1.82, 2.24) is 25.9 Å². The van der Waals surface area contributed by atoms with Gasteiger partial charge in [0.15, 0.2) is 0 Å². The number of hydrogen-bond donors (Lipinski definition) is 9. The number of aromatic nitrogens is 2. The summed E-state index contributed by atoms with van der Waals surface area (Å²) >= 11 is 0. The summed E-state index contributed by atoms with van der Waals surface area (Å²) in [4.78, 5) is 79.6. The first-order valence-electron chi connectivity index (χ1n) is 12.0. The van der Waals surface area contributed by atoms with Gasteiger partial charge in [-0.1, -0.05) is 12.1 Å². The number of nitrogens with zero attached hydrogens (tertiary/aromatic N) is 1. The number of carboxylic acids is 2. The molecular weight excluding hydrogens is 530 g/mol. The molecule has 16 heteroatoms. The summed E-state index contributed by atoms with van der Waals surface area (Å²) < 4.78 is 0. The van der Waals surface area contributed by atoms with Gasteiger partial charge < -0.3 is 47.7 Å². The van der Waals surface area contributed by atoms with E-state index in [1.807, 2.05) is 0 Å². The van der Waals surface area contributed by atoms with Crippen LogP contribution in [0, 0.1) is 0 Å². The number of aromatic amines is 1. The maximum absolute atomic E-state index is 13.0. The fourth-order valence-corrected chi connectivity index (χ4v) is 3.56. The molecule has 0 bridgehead atoms. The van der Waals surface area contributed by atoms with E-state index < -0.39 is 72.6 Å². The smallest absolute Gasteiger partial charge is 0.326 e. The van der Waals surface area contributed by atoms with Gasteiger partial charge >= 0.3 is 11.9 Å². The van der Waals surface area contributed by atoms with E-state index in [0.717, 1.165) is 0 Å². The molecular formula is C24H31N7O9. The van der Waals surface area contributed by atoms with E-state index in [1.165, 1.54) is 36.8 Å². The molecule has 0 aliphatic rings. The van der Waals surface area contributed by atoms with Crippen molar-refractivity contribution < 1.29 is 44.1 Å². The number of imidazole rings is 1. The van der Waals surface area contributed by atoms with Crippen LogP contribution in [0.5, 0.6) is 5.75 Å². The molecule has 1 aromatic heterocycles. The van der Waals surface area contributed by atoms with Crippen molar-refractivity contribution in [1.29, 1.82) is 0 Å². The van der Waals surface area contributed by atoms with Gasteiger partial charge in [0.2, 0.25) is 23.6 Å². The van der Waals surface area contributed by atoms with Crippen LogP contribution in [0.25, 0.3) is 0 Å². The Labute approximate surface area is 227 Å². The molecule has 16 nitrogen and oxygen atoms in total. The van der Waals surface area contributed by atoms with Crippen LogP contribution in [0.1, 0.15) is 30.5 Å². The molecule has 11 N–H and O–H groups in total. The van der Waals surface area contributed by atoms with Crippen LogP contribution in [0.15, 0.2) is 36.8 Å². The lowest BCUT2D eigenvalue weighted by atomic mass is 10.0. The van der Waals surface area contributed by atoms with E-state index in [0.29, 0.717) is 11.3 Å². The maximum atomic E-state index is 13.0. The standard InChI is InChI=1S/C24H31N7O9/c25-15(8-13-10-27-11-28-13)21(36)29-16(5-6-20(34)35)22(37)30-17(9-19(26)33)23(38)31-18(24(39)40)7-12-1-3-14(32)4-2-12/h1-4,10-11,15-18,32H,5-9,25H2,(H2,26,33)(H,27,28)(H,29,36)(H,30,37)(H,31,38)(H,34,35)(H,39,40). The van der Waals surface area contributed by atoms with Crippen LogP contribution in [-0.2, 0) is 41.6 Å². The third kappa shape index (κ3) is 10.4. The predicted molar refractivity (Wildman–Crippen MR) is 136 cm³/mol. The Morgan fingerprint density at radius 3 is 2.02 bits per heavy atom. The van der Waals surface area contributed by atoms with Crippen LogP contribution in [0.3, 0.4) is 0 Å². The van der Waals surface area contributed by atoms with Gasteiger partial charge in [0, 0.05) is 31.2 Å². The van der Waals surface area contributed by atoms with Gasteiger partial charge in [-0.15, -0.1) is 0 Å². The number of H-pyrrole nitrogens is 1. The summed E-state index contributed by atoms with van der Waals surface area (Å²) in [5.41, 5.74) is 12.1. The number of carbonyl (C=O) groups excluding carboxylic acids is 4. The highest BCUT2D eigenvalue weighted by Gasteiger charge is 2.31. The molecule has 0 fully saturated rings. The first kappa shape index (κ1) is 31.2. The second-order valence-corrected chi connectivity index (χ2v) is 8.88. The average Bonchev–Trinajstić information content (AvgIpc) is 3.39. The first-order chi connectivity index (χ1) is 18.8. The highest BCUT2D eigenvalue weighted by Crippen LogP contribution is 2.12. The first-order valence-corrected chi connectivity index (χ1v) is 12.0. The van der Waals surface area contributed by atoms with Crippen molar-refractivity contribution in [3.8, 4) is 5.75 Å². The van der Waals surface area contributed by atoms with Crippen molar-refractivity contribution in [3.63, 3.8) is 0 Å². The lowest BCUT2D eigenvalue weighted by molar-refractivity contribution is -0.142. The highest BCUT2D eigenvalue weighted by molar-refractivity contribution is 5.96. The van der Waals surface area contributed by atoms with Gasteiger partial charge in [-0.2, -0.15) is 0 Å². The fraction of sp³-hybridized carbons (Fsp3) is 0.375. The molecule has 2 aromatic rings. The Morgan fingerprint density at radius 1 is 0.875 bits per heavy atom. The second kappa shape index (κ2) is 14.8. The molecule has 4 atom stereocenters. The lowest BCUT2D eigenvalue weighted by Gasteiger charge is -2.24. The monoisotopic (exact) mass is 561 g/mol. The number of rotatable bonds is 16. The zero-order valence-electron chi connectivity index (χ0n) is 21.2. The van der Waals surface area contributed by atoms with Gasteiger partial charge in [-0.25, -0.2) is 9.78 Å². The number of aromatic hydroxyl groups is 1. The summed E-state index contributed by atoms with van der Waals surface area (Å²) in [5.74, 6) is -6.60. The number of carboxylic acid groups (broad SMARTS) is 2. The normalized spacial score (nSPS) is 13.7. The molecule has 4 amide bonds. The Morgan fingerprint density at radius 2 is 1.48 bits per heavy atom.